The molecule has 1 saturated carbocycles. The molecule has 3 rings (SSSR count). The molecule has 0 bridgehead atoms. The first-order chi connectivity index (χ1) is 13.6. The van der Waals surface area contributed by atoms with Crippen LogP contribution in [-0.2, 0) is 4.74 Å². The van der Waals surface area contributed by atoms with Gasteiger partial charge in [0.15, 0.2) is 23.9 Å². The minimum atomic E-state index is -0.576. The van der Waals surface area contributed by atoms with E-state index < -0.39 is 5.97 Å². The Morgan fingerprint density at radius 1 is 0.857 bits per heavy atom. The number of methoxy groups -OCH3 is 2. The Kier molecular flexibility index (Phi) is 6.69. The molecule has 5 heteroatoms. The molecule has 5 nitrogen and oxygen atoms in total. The molecule has 0 N–H and O–H groups in total. The fourth-order valence-electron chi connectivity index (χ4n) is 3.64. The number of benzene rings is 2. The monoisotopic (exact) mass is 382 g/mol. The number of ether oxygens (including phenoxy) is 3. The smallest absolute Gasteiger partial charge is 0.338 e. The van der Waals surface area contributed by atoms with Gasteiger partial charge in [-0.15, -0.1) is 0 Å². The lowest BCUT2D eigenvalue weighted by Crippen LogP contribution is -2.14. The third-order valence-corrected chi connectivity index (χ3v) is 5.26. The van der Waals surface area contributed by atoms with Crippen LogP contribution in [0.5, 0.6) is 11.5 Å². The van der Waals surface area contributed by atoms with Crippen LogP contribution >= 0.6 is 0 Å². The summed E-state index contributed by atoms with van der Waals surface area (Å²) in [5, 5.41) is 0. The van der Waals surface area contributed by atoms with Crippen LogP contribution in [-0.4, -0.2) is 32.6 Å². The number of rotatable bonds is 7. The Labute approximate surface area is 165 Å². The summed E-state index contributed by atoms with van der Waals surface area (Å²) in [6.07, 6.45) is 6.31. The average Bonchev–Trinajstić information content (AvgIpc) is 2.77. The van der Waals surface area contributed by atoms with Crippen molar-refractivity contribution in [2.75, 3.05) is 20.8 Å². The van der Waals surface area contributed by atoms with Gasteiger partial charge in [0.05, 0.1) is 19.8 Å². The van der Waals surface area contributed by atoms with Gasteiger partial charge < -0.3 is 14.2 Å². The lowest BCUT2D eigenvalue weighted by atomic mass is 9.84. The molecule has 28 heavy (non-hydrogen) atoms. The molecule has 2 aromatic carbocycles. The van der Waals surface area contributed by atoms with Crippen LogP contribution in [0, 0.1) is 0 Å². The van der Waals surface area contributed by atoms with E-state index in [0.29, 0.717) is 28.5 Å². The lowest BCUT2D eigenvalue weighted by Gasteiger charge is -2.22. The Bertz CT molecular complexity index is 819. The van der Waals surface area contributed by atoms with Gasteiger partial charge in [0, 0.05) is 5.56 Å². The number of carbonyl (C=O) groups excluding carboxylic acids is 2. The molecule has 0 spiro atoms. The molecule has 0 amide bonds. The minimum absolute atomic E-state index is 0.218. The number of carbonyl (C=O) groups is 2. The zero-order valence-corrected chi connectivity index (χ0v) is 16.4. The summed E-state index contributed by atoms with van der Waals surface area (Å²) < 4.78 is 15.5. The highest BCUT2D eigenvalue weighted by Gasteiger charge is 2.17. The fraction of sp³-hybridized carbons (Fsp3) is 0.391. The van der Waals surface area contributed by atoms with Gasteiger partial charge in [-0.2, -0.15) is 0 Å². The number of ketones is 1. The van der Waals surface area contributed by atoms with Crippen LogP contribution < -0.4 is 9.47 Å². The topological polar surface area (TPSA) is 61.8 Å². The summed E-state index contributed by atoms with van der Waals surface area (Å²) in [6, 6.07) is 12.4. The molecule has 0 unspecified atom stereocenters. The van der Waals surface area contributed by atoms with Crippen molar-refractivity contribution in [3.05, 3.63) is 59.2 Å². The van der Waals surface area contributed by atoms with Gasteiger partial charge in [-0.25, -0.2) is 4.79 Å². The van der Waals surface area contributed by atoms with E-state index in [1.54, 1.807) is 12.1 Å². The molecule has 0 aliphatic heterocycles. The number of hydrogen-bond acceptors (Lipinski definition) is 5. The van der Waals surface area contributed by atoms with Crippen LogP contribution in [0.15, 0.2) is 42.5 Å². The maximum Gasteiger partial charge on any atom is 0.338 e. The Morgan fingerprint density at radius 2 is 1.50 bits per heavy atom. The molecule has 1 fully saturated rings. The minimum Gasteiger partial charge on any atom is -0.493 e. The van der Waals surface area contributed by atoms with Gasteiger partial charge in [0.1, 0.15) is 0 Å². The maximum absolute atomic E-state index is 12.4. The number of hydrogen-bond donors (Lipinski definition) is 0. The van der Waals surface area contributed by atoms with Crippen LogP contribution in [0.1, 0.15) is 64.3 Å². The first-order valence-corrected chi connectivity index (χ1v) is 9.64. The van der Waals surface area contributed by atoms with E-state index >= 15 is 0 Å². The van der Waals surface area contributed by atoms with Crippen LogP contribution in [0.25, 0.3) is 0 Å². The predicted molar refractivity (Wildman–Crippen MR) is 106 cm³/mol. The second-order valence-electron chi connectivity index (χ2n) is 7.03. The van der Waals surface area contributed by atoms with Crippen LogP contribution in [0.3, 0.4) is 0 Å². The standard InChI is InChI=1S/C23H26O5/c1-26-21-13-12-19(14-22(21)27-2)23(25)28-15-20(24)18-10-8-17(9-11-18)16-6-4-3-5-7-16/h8-14,16H,3-7,15H2,1-2H3. The Balaban J connectivity index is 1.58. The van der Waals surface area contributed by atoms with E-state index in [2.05, 4.69) is 0 Å². The van der Waals surface area contributed by atoms with Gasteiger partial charge in [-0.3, -0.25) is 4.79 Å². The number of Topliss-reactive ketones (excluding diaryl/α,β-unsaturated/α-hetero) is 1. The summed E-state index contributed by atoms with van der Waals surface area (Å²) in [4.78, 5) is 24.6. The summed E-state index contributed by atoms with van der Waals surface area (Å²) in [6.45, 7) is -0.296. The molecule has 0 saturated heterocycles. The molecule has 0 atom stereocenters. The Morgan fingerprint density at radius 3 is 2.14 bits per heavy atom. The Hall–Kier alpha value is -2.82. The normalized spacial score (nSPS) is 14.4. The average molecular weight is 382 g/mol. The van der Waals surface area contributed by atoms with Crippen molar-refractivity contribution in [1.82, 2.24) is 0 Å². The summed E-state index contributed by atoms with van der Waals surface area (Å²) >= 11 is 0. The quantitative estimate of drug-likeness (QED) is 0.509. The first kappa shape index (κ1) is 19.9. The molecular formula is C23H26O5. The van der Waals surface area contributed by atoms with Crippen molar-refractivity contribution in [2.45, 2.75) is 38.0 Å². The highest BCUT2D eigenvalue weighted by Crippen LogP contribution is 2.32. The lowest BCUT2D eigenvalue weighted by molar-refractivity contribution is 0.0474. The zero-order valence-electron chi connectivity index (χ0n) is 16.4. The summed E-state index contributed by atoms with van der Waals surface area (Å²) in [5.41, 5.74) is 2.15. The van der Waals surface area contributed by atoms with E-state index in [4.69, 9.17) is 14.2 Å². The maximum atomic E-state index is 12.4. The molecular weight excluding hydrogens is 356 g/mol. The van der Waals surface area contributed by atoms with E-state index in [1.165, 1.54) is 58.0 Å². The van der Waals surface area contributed by atoms with E-state index in [0.717, 1.165) is 0 Å². The molecule has 0 heterocycles. The van der Waals surface area contributed by atoms with E-state index in [-0.39, 0.29) is 12.4 Å². The van der Waals surface area contributed by atoms with E-state index in [1.807, 2.05) is 24.3 Å². The second-order valence-corrected chi connectivity index (χ2v) is 7.03. The SMILES string of the molecule is COc1ccc(C(=O)OCC(=O)c2ccc(C3CCCCC3)cc2)cc1OC. The van der Waals surface area contributed by atoms with Gasteiger partial charge in [-0.1, -0.05) is 43.5 Å². The van der Waals surface area contributed by atoms with Crippen molar-refractivity contribution >= 4 is 11.8 Å². The first-order valence-electron chi connectivity index (χ1n) is 9.64. The fourth-order valence-corrected chi connectivity index (χ4v) is 3.64. The van der Waals surface area contributed by atoms with Crippen molar-refractivity contribution < 1.29 is 23.8 Å². The largest absolute Gasteiger partial charge is 0.493 e. The van der Waals surface area contributed by atoms with Crippen molar-refractivity contribution in [2.24, 2.45) is 0 Å². The predicted octanol–water partition coefficient (Wildman–Crippen LogP) is 4.79. The molecule has 2 aromatic rings. The van der Waals surface area contributed by atoms with Gasteiger partial charge in [0.25, 0.3) is 0 Å². The molecule has 1 aliphatic carbocycles. The van der Waals surface area contributed by atoms with Crippen molar-refractivity contribution in [3.8, 4) is 11.5 Å². The molecule has 148 valence electrons. The van der Waals surface area contributed by atoms with Crippen LogP contribution in [0.2, 0.25) is 0 Å². The third kappa shape index (κ3) is 4.71. The molecule has 1 aliphatic rings. The van der Waals surface area contributed by atoms with Gasteiger partial charge in [0.2, 0.25) is 0 Å². The summed E-state index contributed by atoms with van der Waals surface area (Å²) in [5.74, 6) is 0.757. The highest BCUT2D eigenvalue weighted by atomic mass is 16.5. The van der Waals surface area contributed by atoms with E-state index in [9.17, 15) is 9.59 Å². The molecule has 0 aromatic heterocycles. The highest BCUT2D eigenvalue weighted by molar-refractivity contribution is 5.99. The number of esters is 1. The zero-order chi connectivity index (χ0) is 19.9. The van der Waals surface area contributed by atoms with Crippen LogP contribution in [0.4, 0.5) is 0 Å². The molecule has 0 radical (unpaired) electrons. The van der Waals surface area contributed by atoms with Gasteiger partial charge >= 0.3 is 5.97 Å². The van der Waals surface area contributed by atoms with Crippen molar-refractivity contribution in [1.29, 1.82) is 0 Å². The third-order valence-electron chi connectivity index (χ3n) is 5.26. The van der Waals surface area contributed by atoms with Gasteiger partial charge in [-0.05, 0) is 42.5 Å². The second kappa shape index (κ2) is 9.40. The summed E-state index contributed by atoms with van der Waals surface area (Å²) in [7, 11) is 3.02. The van der Waals surface area contributed by atoms with Crippen molar-refractivity contribution in [3.63, 3.8) is 0 Å².